The lowest BCUT2D eigenvalue weighted by molar-refractivity contribution is -0.333. The molecule has 113 heavy (non-hydrogen) atoms. The third kappa shape index (κ3) is 18.6. The Morgan fingerprint density at radius 2 is 1.32 bits per heavy atom. The molecule has 7 heterocycles. The quantitative estimate of drug-likeness (QED) is 0.0612. The second kappa shape index (κ2) is 34.8. The first-order chi connectivity index (χ1) is 53.5. The average Bonchev–Trinajstić information content (AvgIpc) is 0.822. The van der Waals surface area contributed by atoms with Crippen LogP contribution in [0.3, 0.4) is 0 Å². The molecule has 22 N–H and O–H groups in total. The van der Waals surface area contributed by atoms with Gasteiger partial charge in [-0.15, -0.1) is 0 Å². The zero-order chi connectivity index (χ0) is 81.9. The molecule has 11 bridgehead atoms. The van der Waals surface area contributed by atoms with Gasteiger partial charge in [0.25, 0.3) is 0 Å². The first-order valence-electron chi connectivity index (χ1n) is 35.9. The van der Waals surface area contributed by atoms with Gasteiger partial charge >= 0.3 is 0 Å². The van der Waals surface area contributed by atoms with Crippen LogP contribution in [-0.2, 0) is 63.8 Å². The lowest BCUT2D eigenvalue weighted by Crippen LogP contribution is -2.64. The van der Waals surface area contributed by atoms with Crippen LogP contribution < -0.4 is 73.5 Å². The molecule has 9 amide bonds. The molecule has 0 saturated carbocycles. The predicted molar refractivity (Wildman–Crippen MR) is 399 cm³/mol. The number of aliphatic hydroxyl groups excluding tert-OH is 6. The molecule has 7 aliphatic rings. The maximum atomic E-state index is 16.2. The summed E-state index contributed by atoms with van der Waals surface area (Å²) >= 11 is 14.3. The van der Waals surface area contributed by atoms with Crippen molar-refractivity contribution in [3.05, 3.63) is 147 Å². The smallest absolute Gasteiger partial charge is 0.248 e. The van der Waals surface area contributed by atoms with Crippen molar-refractivity contribution in [2.24, 2.45) is 17.4 Å². The normalized spacial score (nSPS) is 27.5. The summed E-state index contributed by atoms with van der Waals surface area (Å²) in [6.45, 7) is 6.81. The number of phenolic OH excluding ortho intramolecular Hbond substituents is 3. The van der Waals surface area contributed by atoms with Crippen LogP contribution in [0.1, 0.15) is 118 Å². The van der Waals surface area contributed by atoms with E-state index in [1.165, 1.54) is 33.0 Å². The van der Waals surface area contributed by atoms with Crippen molar-refractivity contribution in [2.75, 3.05) is 25.5 Å². The molecule has 35 nitrogen and oxygen atoms in total. The number of anilines is 1. The van der Waals surface area contributed by atoms with Gasteiger partial charge in [0.1, 0.15) is 95.5 Å². The van der Waals surface area contributed by atoms with Crippen LogP contribution >= 0.6 is 23.2 Å². The van der Waals surface area contributed by atoms with E-state index < -0.39 is 250 Å². The number of primary amides is 1. The number of fused-ring (bicyclic) bond motifs is 15. The molecule has 37 heteroatoms. The average molecular weight is 1610 g/mol. The number of phenols is 3. The van der Waals surface area contributed by atoms with Gasteiger partial charge in [0.05, 0.1) is 47.9 Å². The number of carbonyl (C=O) groups is 9. The van der Waals surface area contributed by atoms with Crippen LogP contribution in [0.15, 0.2) is 103 Å². The molecule has 18 atom stereocenters. The van der Waals surface area contributed by atoms with Gasteiger partial charge in [-0.3, -0.25) is 43.2 Å². The summed E-state index contributed by atoms with van der Waals surface area (Å²) in [7, 11) is 1.47. The van der Waals surface area contributed by atoms with E-state index in [-0.39, 0.29) is 46.2 Å². The molecule has 0 aromatic heterocycles. The molecule has 3 unspecified atom stereocenters. The highest BCUT2D eigenvalue weighted by molar-refractivity contribution is 6.32. The molecule has 0 radical (unpaired) electrons. The van der Waals surface area contributed by atoms with E-state index >= 15 is 19.2 Å². The first-order valence-corrected chi connectivity index (χ1v) is 36.7. The van der Waals surface area contributed by atoms with Crippen molar-refractivity contribution in [3.63, 3.8) is 0 Å². The fraction of sp³-hybridized carbons (Fsp3) is 0.408. The molecular formula is C76H87Cl2N11O24. The second-order valence-electron chi connectivity index (χ2n) is 28.7. The van der Waals surface area contributed by atoms with Gasteiger partial charge in [0.2, 0.25) is 65.2 Å². The lowest BCUT2D eigenvalue weighted by Gasteiger charge is -2.47. The Bertz CT molecular complexity index is 4650. The van der Waals surface area contributed by atoms with Gasteiger partial charge in [-0.1, -0.05) is 74.3 Å². The minimum absolute atomic E-state index is 0.107. The van der Waals surface area contributed by atoms with E-state index in [4.69, 9.17) is 63.1 Å². The van der Waals surface area contributed by atoms with E-state index in [1.807, 2.05) is 20.8 Å². The molecule has 7 aliphatic heterocycles. The van der Waals surface area contributed by atoms with Gasteiger partial charge in [0.15, 0.2) is 23.9 Å². The van der Waals surface area contributed by atoms with Crippen LogP contribution in [-0.4, -0.2) is 198 Å². The van der Waals surface area contributed by atoms with Gasteiger partial charge < -0.3 is 134 Å². The van der Waals surface area contributed by atoms with E-state index in [9.17, 15) is 69.9 Å². The molecule has 6 aromatic carbocycles. The predicted octanol–water partition coefficient (Wildman–Crippen LogP) is 1.34. The molecule has 604 valence electrons. The molecule has 13 rings (SSSR count). The Morgan fingerprint density at radius 1 is 0.699 bits per heavy atom. The Balaban J connectivity index is 1.13. The number of benzene rings is 6. The monoisotopic (exact) mass is 1610 g/mol. The lowest BCUT2D eigenvalue weighted by atomic mass is 9.86. The number of ether oxygens (including phenoxy) is 6. The largest absolute Gasteiger partial charge is 0.508 e. The Labute approximate surface area is 655 Å². The Kier molecular flexibility index (Phi) is 25.7. The standard InChI is InChI=1S/C76H87Cl2N11O24/c1-7-32-8-13-37(14-9-32)83-53(95)28-82-70(103)58-40-24-38(91)25-46(93)55(40)39-19-33(10-15-45(39)92)56-71(104)89-60(74(107)87-58)62(97)35-12-17-48(42(78)21-35)110-50-23-36-22-49(65(50)113-75-66(64(99)63(98)51(29-90)111-75)112-54-27-76(5,80)67(100)31(4)108-54)109-47-16-11-34(20-41(47)77)61(96)59(88-68(101)43(81-6)18-30(2)3)73(106)84-44(26-52(79)94)69(102)85-57(36)72(105)86-56/h8-17,19-25,30-31,43-44,51,54,56-64,66-67,75,81,90-93,96-100H,7,18,26-29,80H2,1-6H3,(H2,79,94)(H,82,103)(H,83,95)(H,84,106)(H,85,102)(H,86,105)(H,87,107)(H,88,101)(H,89,104)/t31-,43+,44-,51+,54?,56+,57?,58?,59+,60-,61+,62+,63+,64-,66+,67+,75-,76-/m0/s1. The topological polar surface area (TPSA) is 551 Å². The number of halogens is 2. The summed E-state index contributed by atoms with van der Waals surface area (Å²) in [6.07, 6.45) is -18.0. The maximum Gasteiger partial charge on any atom is 0.248 e. The summed E-state index contributed by atoms with van der Waals surface area (Å²) in [5, 5.41) is 127. The fourth-order valence-electron chi connectivity index (χ4n) is 13.8. The Hall–Kier alpha value is -10.5. The number of amides is 9. The molecular weight excluding hydrogens is 1520 g/mol. The SMILES string of the molecule is CCc1ccc(NC(=O)CNC(=O)C2NC(=O)[C@H]3NC(=O)[C@H](NC(=O)C4NC(=O)[C@H](CC(N)=O)NC(=O)[C@H](NC(=O)[C@@H](CC(C)C)NC)[C@H](O)c5ccc(c(Cl)c5)Oc5cc4cc(c5O[C@@H]4O[C@H](CO)[C@@H](O)[C@H](O)[C@H]4OC4C[C@](C)(N)[C@H](O)[C@H](C)O4)Oc4ccc(cc4Cl)[C@H]3O)c3ccc(O)c(c3)-c3c(O)cc(O)cc32)cc1. The molecule has 0 aliphatic carbocycles. The molecule has 0 spiro atoms. The number of nitrogens with two attached hydrogens (primary N) is 2. The Morgan fingerprint density at radius 3 is 1.92 bits per heavy atom. The van der Waals surface area contributed by atoms with Crippen molar-refractivity contribution in [1.29, 1.82) is 0 Å². The van der Waals surface area contributed by atoms with Gasteiger partial charge in [-0.25, -0.2) is 0 Å². The number of rotatable bonds is 17. The number of carbonyl (C=O) groups excluding carboxylic acids is 9. The third-order valence-electron chi connectivity index (χ3n) is 19.9. The fourth-order valence-corrected chi connectivity index (χ4v) is 14.3. The number of likely N-dealkylation sites (N-methyl/N-ethyl adjacent to an activating group) is 1. The highest BCUT2D eigenvalue weighted by Crippen LogP contribution is 2.50. The first kappa shape index (κ1) is 83.4. The van der Waals surface area contributed by atoms with Crippen LogP contribution in [0.25, 0.3) is 11.1 Å². The number of aryl methyl sites for hydroxylation is 1. The van der Waals surface area contributed by atoms with Crippen molar-refractivity contribution in [1.82, 2.24) is 42.5 Å². The summed E-state index contributed by atoms with van der Waals surface area (Å²) in [5.74, 6) is -16.1. The van der Waals surface area contributed by atoms with E-state index in [0.717, 1.165) is 72.3 Å². The van der Waals surface area contributed by atoms with E-state index in [1.54, 1.807) is 24.3 Å². The highest BCUT2D eigenvalue weighted by atomic mass is 35.5. The number of hydrogen-bond acceptors (Lipinski definition) is 26. The van der Waals surface area contributed by atoms with E-state index in [0.29, 0.717) is 12.1 Å². The molecule has 6 aromatic rings. The van der Waals surface area contributed by atoms with E-state index in [2.05, 4.69) is 47.9 Å². The summed E-state index contributed by atoms with van der Waals surface area (Å²) in [5.41, 5.74) is 9.49. The van der Waals surface area contributed by atoms with Crippen molar-refractivity contribution in [2.45, 2.75) is 170 Å². The zero-order valence-electron chi connectivity index (χ0n) is 61.5. The number of nitrogens with one attached hydrogen (secondary N) is 9. The summed E-state index contributed by atoms with van der Waals surface area (Å²) in [6, 6.07) is 6.38. The third-order valence-corrected chi connectivity index (χ3v) is 20.4. The van der Waals surface area contributed by atoms with Crippen molar-refractivity contribution >= 4 is 82.1 Å². The van der Waals surface area contributed by atoms with Crippen LogP contribution in [0.4, 0.5) is 5.69 Å². The second-order valence-corrected chi connectivity index (χ2v) is 29.5. The molecule has 2 saturated heterocycles. The molecule has 2 fully saturated rings. The number of aliphatic hydroxyl groups is 6. The van der Waals surface area contributed by atoms with Crippen LogP contribution in [0.2, 0.25) is 10.0 Å². The van der Waals surface area contributed by atoms with Crippen molar-refractivity contribution in [3.8, 4) is 57.1 Å². The minimum Gasteiger partial charge on any atom is -0.508 e. The summed E-state index contributed by atoms with van der Waals surface area (Å²) in [4.78, 5) is 134. The maximum absolute atomic E-state index is 16.2. The van der Waals surface area contributed by atoms with Gasteiger partial charge in [-0.2, -0.15) is 0 Å². The van der Waals surface area contributed by atoms with Gasteiger partial charge in [0, 0.05) is 34.8 Å². The minimum atomic E-state index is -2.37. The highest BCUT2D eigenvalue weighted by Gasteiger charge is 2.52. The number of hydrogen-bond donors (Lipinski definition) is 20. The van der Waals surface area contributed by atoms with Gasteiger partial charge in [-0.05, 0) is 140 Å². The number of aromatic hydroxyl groups is 3. The van der Waals surface area contributed by atoms with Crippen molar-refractivity contribution < 1.29 is 118 Å². The van der Waals surface area contributed by atoms with Crippen LogP contribution in [0.5, 0.6) is 46.0 Å². The summed E-state index contributed by atoms with van der Waals surface area (Å²) < 4.78 is 38.6. The zero-order valence-corrected chi connectivity index (χ0v) is 63.0. The van der Waals surface area contributed by atoms with Crippen LogP contribution in [0, 0.1) is 5.92 Å².